The van der Waals surface area contributed by atoms with Gasteiger partial charge in [-0.05, 0) is 43.9 Å². The zero-order valence-corrected chi connectivity index (χ0v) is 15.5. The van der Waals surface area contributed by atoms with Gasteiger partial charge in [-0.15, -0.1) is 4.09 Å². The molecule has 2 saturated heterocycles. The highest BCUT2D eigenvalue weighted by Crippen LogP contribution is 2.38. The molecule has 2 aromatic rings. The molecule has 4 rings (SSSR count). The van der Waals surface area contributed by atoms with E-state index >= 15 is 0 Å². The lowest BCUT2D eigenvalue weighted by atomic mass is 10.0. The lowest BCUT2D eigenvalue weighted by Gasteiger charge is -2.29. The largest absolute Gasteiger partial charge is 0.381 e. The van der Waals surface area contributed by atoms with Crippen molar-refractivity contribution in [1.29, 1.82) is 0 Å². The van der Waals surface area contributed by atoms with E-state index in [-0.39, 0.29) is 5.56 Å². The fraction of sp³-hybridized carbons (Fsp3) is 0.500. The van der Waals surface area contributed by atoms with Crippen LogP contribution in [0.5, 0.6) is 0 Å². The first-order valence-corrected chi connectivity index (χ1v) is 10.6. The Bertz CT molecular complexity index is 926. The second-order valence-corrected chi connectivity index (χ2v) is 8.95. The molecule has 0 bridgehead atoms. The average molecular weight is 397 g/mol. The minimum Gasteiger partial charge on any atom is -0.381 e. The molecule has 1 aromatic heterocycles. The van der Waals surface area contributed by atoms with E-state index < -0.39 is 32.9 Å². The lowest BCUT2D eigenvalue weighted by molar-refractivity contribution is 0.0981. The van der Waals surface area contributed by atoms with Crippen LogP contribution in [0.3, 0.4) is 0 Å². The van der Waals surface area contributed by atoms with Crippen molar-refractivity contribution in [3.05, 3.63) is 47.7 Å². The Labute approximate surface area is 156 Å². The summed E-state index contributed by atoms with van der Waals surface area (Å²) in [5, 5.41) is 3.50. The number of rotatable bonds is 4. The van der Waals surface area contributed by atoms with Gasteiger partial charge in [0.25, 0.3) is 10.0 Å². The predicted octanol–water partition coefficient (Wildman–Crippen LogP) is 2.86. The smallest absolute Gasteiger partial charge is 0.258 e. The van der Waals surface area contributed by atoms with E-state index in [0.717, 1.165) is 22.6 Å². The number of hydrogen-bond donors (Lipinski definition) is 0. The van der Waals surface area contributed by atoms with Crippen molar-refractivity contribution < 1.29 is 21.9 Å². The normalized spacial score (nSPS) is 21.7. The molecule has 146 valence electrons. The molecule has 0 amide bonds. The third kappa shape index (κ3) is 3.34. The van der Waals surface area contributed by atoms with Gasteiger partial charge < -0.3 is 9.64 Å². The van der Waals surface area contributed by atoms with E-state index in [1.807, 2.05) is 4.90 Å². The Hall–Kier alpha value is -2.00. The van der Waals surface area contributed by atoms with Crippen LogP contribution in [0.1, 0.15) is 37.3 Å². The van der Waals surface area contributed by atoms with Gasteiger partial charge in [-0.3, -0.25) is 0 Å². The predicted molar refractivity (Wildman–Crippen MR) is 96.1 cm³/mol. The molecule has 6 nitrogen and oxygen atoms in total. The summed E-state index contributed by atoms with van der Waals surface area (Å²) in [4.78, 5) is 1.81. The maximum atomic E-state index is 14.3. The van der Waals surface area contributed by atoms with Crippen LogP contribution in [0.2, 0.25) is 0 Å². The average Bonchev–Trinajstić information content (AvgIpc) is 3.33. The van der Waals surface area contributed by atoms with Crippen molar-refractivity contribution >= 4 is 15.8 Å². The molecular weight excluding hydrogens is 376 g/mol. The molecule has 2 fully saturated rings. The fourth-order valence-corrected chi connectivity index (χ4v) is 5.62. The SMILES string of the molecule is O=S(=O)(C1CCOCC1)n1nccc1N1CCC[C@@H]1c1cc(F)ccc1F. The first-order valence-electron chi connectivity index (χ1n) is 9.06. The first kappa shape index (κ1) is 18.4. The third-order valence-corrected chi connectivity index (χ3v) is 7.36. The zero-order valence-electron chi connectivity index (χ0n) is 14.7. The van der Waals surface area contributed by atoms with E-state index in [1.54, 1.807) is 6.07 Å². The maximum absolute atomic E-state index is 14.3. The molecule has 0 spiro atoms. The Morgan fingerprint density at radius 2 is 1.89 bits per heavy atom. The number of halogens is 2. The topological polar surface area (TPSA) is 64.4 Å². The number of nitrogens with zero attached hydrogens (tertiary/aromatic N) is 3. The number of aromatic nitrogens is 2. The van der Waals surface area contributed by atoms with E-state index in [0.29, 0.717) is 44.8 Å². The summed E-state index contributed by atoms with van der Waals surface area (Å²) in [6, 6.07) is 4.56. The summed E-state index contributed by atoms with van der Waals surface area (Å²) in [6.07, 6.45) is 3.64. The summed E-state index contributed by atoms with van der Waals surface area (Å²) < 4.78 is 60.4. The van der Waals surface area contributed by atoms with Crippen LogP contribution < -0.4 is 4.90 Å². The molecule has 0 unspecified atom stereocenters. The second kappa shape index (κ2) is 7.20. The Morgan fingerprint density at radius 1 is 1.11 bits per heavy atom. The highest BCUT2D eigenvalue weighted by Gasteiger charge is 2.36. The number of anilines is 1. The zero-order chi connectivity index (χ0) is 19.0. The molecule has 27 heavy (non-hydrogen) atoms. The summed E-state index contributed by atoms with van der Waals surface area (Å²) in [5.74, 6) is -0.610. The summed E-state index contributed by atoms with van der Waals surface area (Å²) in [7, 11) is -3.69. The Balaban J connectivity index is 1.70. The summed E-state index contributed by atoms with van der Waals surface area (Å²) in [6.45, 7) is 1.36. The third-order valence-electron chi connectivity index (χ3n) is 5.29. The molecule has 2 aliphatic heterocycles. The molecule has 0 saturated carbocycles. The molecule has 1 atom stereocenters. The Kier molecular flexibility index (Phi) is 4.90. The van der Waals surface area contributed by atoms with Crippen LogP contribution in [0, 0.1) is 11.6 Å². The van der Waals surface area contributed by atoms with E-state index in [2.05, 4.69) is 5.10 Å². The van der Waals surface area contributed by atoms with Crippen LogP contribution in [-0.2, 0) is 14.8 Å². The first-order chi connectivity index (χ1) is 13.0. The van der Waals surface area contributed by atoms with Crippen molar-refractivity contribution in [1.82, 2.24) is 9.19 Å². The van der Waals surface area contributed by atoms with Gasteiger partial charge in [0.15, 0.2) is 0 Å². The van der Waals surface area contributed by atoms with Gasteiger partial charge in [0.2, 0.25) is 0 Å². The van der Waals surface area contributed by atoms with Gasteiger partial charge in [0.1, 0.15) is 17.5 Å². The van der Waals surface area contributed by atoms with Gasteiger partial charge in [-0.2, -0.15) is 5.10 Å². The molecule has 3 heterocycles. The minimum atomic E-state index is -3.69. The number of ether oxygens (including phenoxy) is 1. The van der Waals surface area contributed by atoms with Crippen LogP contribution in [0.25, 0.3) is 0 Å². The van der Waals surface area contributed by atoms with Crippen LogP contribution >= 0.6 is 0 Å². The van der Waals surface area contributed by atoms with Gasteiger partial charge in [-0.25, -0.2) is 17.2 Å². The van der Waals surface area contributed by atoms with Gasteiger partial charge in [-0.1, -0.05) is 0 Å². The van der Waals surface area contributed by atoms with Crippen molar-refractivity contribution in [2.45, 2.75) is 37.0 Å². The van der Waals surface area contributed by atoms with Crippen LogP contribution in [-0.4, -0.2) is 42.6 Å². The highest BCUT2D eigenvalue weighted by atomic mass is 32.2. The van der Waals surface area contributed by atoms with Crippen molar-refractivity contribution in [2.24, 2.45) is 0 Å². The fourth-order valence-electron chi connectivity index (χ4n) is 3.93. The summed E-state index contributed by atoms with van der Waals surface area (Å²) in [5.41, 5.74) is 0.240. The molecule has 0 aliphatic carbocycles. The standard InChI is InChI=1S/C18H21F2N3O3S/c19-13-3-4-16(20)15(12-13)17-2-1-9-22(17)18-5-8-21-23(18)27(24,25)14-6-10-26-11-7-14/h3-5,8,12,14,17H,1-2,6-7,9-11H2/t17-/m1/s1. The van der Waals surface area contributed by atoms with Crippen LogP contribution in [0.15, 0.2) is 30.5 Å². The lowest BCUT2D eigenvalue weighted by Crippen LogP contribution is -2.36. The van der Waals surface area contributed by atoms with Crippen molar-refractivity contribution in [3.63, 3.8) is 0 Å². The maximum Gasteiger partial charge on any atom is 0.258 e. The van der Waals surface area contributed by atoms with E-state index in [4.69, 9.17) is 4.74 Å². The number of benzene rings is 1. The molecule has 9 heteroatoms. The van der Waals surface area contributed by atoms with Gasteiger partial charge in [0, 0.05) is 31.4 Å². The minimum absolute atomic E-state index is 0.240. The van der Waals surface area contributed by atoms with Gasteiger partial charge >= 0.3 is 0 Å². The van der Waals surface area contributed by atoms with E-state index in [9.17, 15) is 17.2 Å². The van der Waals surface area contributed by atoms with Gasteiger partial charge in [0.05, 0.1) is 17.5 Å². The number of hydrogen-bond acceptors (Lipinski definition) is 5. The second-order valence-electron chi connectivity index (χ2n) is 6.91. The molecule has 0 radical (unpaired) electrons. The Morgan fingerprint density at radius 3 is 2.67 bits per heavy atom. The monoisotopic (exact) mass is 397 g/mol. The van der Waals surface area contributed by atoms with Crippen molar-refractivity contribution in [3.8, 4) is 0 Å². The molecule has 2 aliphatic rings. The molecule has 1 aromatic carbocycles. The molecular formula is C18H21F2N3O3S. The van der Waals surface area contributed by atoms with E-state index in [1.165, 1.54) is 12.3 Å². The highest BCUT2D eigenvalue weighted by molar-refractivity contribution is 7.90. The van der Waals surface area contributed by atoms with Crippen molar-refractivity contribution in [2.75, 3.05) is 24.7 Å². The summed E-state index contributed by atoms with van der Waals surface area (Å²) >= 11 is 0. The molecule has 0 N–H and O–H groups in total. The van der Waals surface area contributed by atoms with Crippen LogP contribution in [0.4, 0.5) is 14.6 Å². The quantitative estimate of drug-likeness (QED) is 0.794.